The Kier molecular flexibility index (Phi) is 5.83. The fraction of sp³-hybridized carbons (Fsp3) is 0.533. The van der Waals surface area contributed by atoms with E-state index < -0.39 is 6.10 Å². The lowest BCUT2D eigenvalue weighted by molar-refractivity contribution is 0.199. The molecule has 106 valence electrons. The molecule has 4 nitrogen and oxygen atoms in total. The first-order valence-corrected chi connectivity index (χ1v) is 6.74. The molecule has 0 heterocycles. The monoisotopic (exact) mass is 264 g/mol. The fourth-order valence-electron chi connectivity index (χ4n) is 1.77. The minimum Gasteiger partial charge on any atom is -0.389 e. The summed E-state index contributed by atoms with van der Waals surface area (Å²) in [5.41, 5.74) is 1.50. The normalized spacial score (nSPS) is 13.7. The van der Waals surface area contributed by atoms with E-state index in [1.54, 1.807) is 24.9 Å². The summed E-state index contributed by atoms with van der Waals surface area (Å²) in [4.78, 5) is 13.7. The van der Waals surface area contributed by atoms with Gasteiger partial charge in [-0.3, -0.25) is 0 Å². The highest BCUT2D eigenvalue weighted by Gasteiger charge is 2.12. The lowest BCUT2D eigenvalue weighted by atomic mass is 10.1. The molecule has 0 bridgehead atoms. The van der Waals surface area contributed by atoms with E-state index in [1.165, 1.54) is 0 Å². The summed E-state index contributed by atoms with van der Waals surface area (Å²) in [5, 5.41) is 12.4. The molecule has 0 saturated heterocycles. The van der Waals surface area contributed by atoms with Crippen LogP contribution < -0.4 is 5.32 Å². The number of amides is 2. The number of aliphatic hydroxyl groups is 1. The second kappa shape index (κ2) is 7.14. The van der Waals surface area contributed by atoms with Crippen LogP contribution in [0.3, 0.4) is 0 Å². The Morgan fingerprint density at radius 2 is 2.11 bits per heavy atom. The molecular formula is C15H24N2O2. The molecule has 0 fully saturated rings. The smallest absolute Gasteiger partial charge is 0.321 e. The number of anilines is 1. The standard InChI is InChI=1S/C15H24N2O2/c1-5-11(2)10-17(4)15(19)16-14-8-6-7-13(9-14)12(3)18/h6-9,11-12,18H,5,10H2,1-4H3,(H,16,19). The van der Waals surface area contributed by atoms with Crippen molar-refractivity contribution in [3.63, 3.8) is 0 Å². The second-order valence-corrected chi connectivity index (χ2v) is 5.13. The van der Waals surface area contributed by atoms with Gasteiger partial charge in [0.25, 0.3) is 0 Å². The van der Waals surface area contributed by atoms with Gasteiger partial charge < -0.3 is 15.3 Å². The van der Waals surface area contributed by atoms with Gasteiger partial charge in [-0.25, -0.2) is 4.79 Å². The zero-order valence-electron chi connectivity index (χ0n) is 12.2. The van der Waals surface area contributed by atoms with Crippen molar-refractivity contribution in [2.24, 2.45) is 5.92 Å². The van der Waals surface area contributed by atoms with Crippen molar-refractivity contribution in [1.29, 1.82) is 0 Å². The maximum Gasteiger partial charge on any atom is 0.321 e. The van der Waals surface area contributed by atoms with Crippen molar-refractivity contribution in [3.05, 3.63) is 29.8 Å². The van der Waals surface area contributed by atoms with E-state index in [0.717, 1.165) is 18.5 Å². The van der Waals surface area contributed by atoms with Crippen molar-refractivity contribution < 1.29 is 9.90 Å². The van der Waals surface area contributed by atoms with Crippen molar-refractivity contribution in [3.8, 4) is 0 Å². The third-order valence-electron chi connectivity index (χ3n) is 3.25. The van der Waals surface area contributed by atoms with E-state index in [0.29, 0.717) is 11.6 Å². The third-order valence-corrected chi connectivity index (χ3v) is 3.25. The summed E-state index contributed by atoms with van der Waals surface area (Å²) < 4.78 is 0. The average Bonchev–Trinajstić information content (AvgIpc) is 2.38. The van der Waals surface area contributed by atoms with Crippen LogP contribution in [0, 0.1) is 5.92 Å². The molecule has 19 heavy (non-hydrogen) atoms. The van der Waals surface area contributed by atoms with Crippen LogP contribution >= 0.6 is 0 Å². The molecule has 2 atom stereocenters. The van der Waals surface area contributed by atoms with Crippen LogP contribution in [0.1, 0.15) is 38.9 Å². The first kappa shape index (κ1) is 15.5. The predicted octanol–water partition coefficient (Wildman–Crippen LogP) is 3.25. The van der Waals surface area contributed by atoms with Crippen molar-refractivity contribution >= 4 is 11.7 Å². The molecule has 0 aliphatic heterocycles. The van der Waals surface area contributed by atoms with Gasteiger partial charge in [-0.15, -0.1) is 0 Å². The van der Waals surface area contributed by atoms with Gasteiger partial charge in [0.2, 0.25) is 0 Å². The van der Waals surface area contributed by atoms with Gasteiger partial charge in [-0.2, -0.15) is 0 Å². The van der Waals surface area contributed by atoms with Gasteiger partial charge in [-0.05, 0) is 30.5 Å². The predicted molar refractivity (Wildman–Crippen MR) is 78.2 cm³/mol. The Bertz CT molecular complexity index is 418. The molecule has 4 heteroatoms. The summed E-state index contributed by atoms with van der Waals surface area (Å²) >= 11 is 0. The summed E-state index contributed by atoms with van der Waals surface area (Å²) in [6.07, 6.45) is 0.518. The summed E-state index contributed by atoms with van der Waals surface area (Å²) in [6.45, 7) is 6.68. The molecular weight excluding hydrogens is 240 g/mol. The molecule has 0 aromatic heterocycles. The molecule has 0 radical (unpaired) electrons. The highest BCUT2D eigenvalue weighted by Crippen LogP contribution is 2.17. The molecule has 0 aliphatic carbocycles. The highest BCUT2D eigenvalue weighted by molar-refractivity contribution is 5.89. The van der Waals surface area contributed by atoms with Crippen molar-refractivity contribution in [2.45, 2.75) is 33.3 Å². The first-order valence-electron chi connectivity index (χ1n) is 6.74. The maximum absolute atomic E-state index is 12.0. The number of carbonyl (C=O) groups is 1. The quantitative estimate of drug-likeness (QED) is 0.857. The fourth-order valence-corrected chi connectivity index (χ4v) is 1.77. The molecule has 2 unspecified atom stereocenters. The van der Waals surface area contributed by atoms with E-state index in [1.807, 2.05) is 18.2 Å². The average molecular weight is 264 g/mol. The lowest BCUT2D eigenvalue weighted by Gasteiger charge is -2.21. The van der Waals surface area contributed by atoms with Crippen LogP contribution in [0.2, 0.25) is 0 Å². The number of hydrogen-bond donors (Lipinski definition) is 2. The second-order valence-electron chi connectivity index (χ2n) is 5.13. The lowest BCUT2D eigenvalue weighted by Crippen LogP contribution is -2.34. The zero-order chi connectivity index (χ0) is 14.4. The summed E-state index contributed by atoms with van der Waals surface area (Å²) in [6, 6.07) is 7.15. The van der Waals surface area contributed by atoms with Gasteiger partial charge in [-0.1, -0.05) is 32.4 Å². The Morgan fingerprint density at radius 3 is 2.68 bits per heavy atom. The molecule has 1 aromatic rings. The molecule has 1 rings (SSSR count). The zero-order valence-corrected chi connectivity index (χ0v) is 12.2. The van der Waals surface area contributed by atoms with Crippen LogP contribution in [0.15, 0.2) is 24.3 Å². The Hall–Kier alpha value is -1.55. The van der Waals surface area contributed by atoms with Gasteiger partial charge in [0.15, 0.2) is 0 Å². The number of rotatable bonds is 5. The maximum atomic E-state index is 12.0. The van der Waals surface area contributed by atoms with E-state index in [2.05, 4.69) is 19.2 Å². The van der Waals surface area contributed by atoms with E-state index >= 15 is 0 Å². The molecule has 2 N–H and O–H groups in total. The van der Waals surface area contributed by atoms with Gasteiger partial charge in [0.05, 0.1) is 6.10 Å². The first-order chi connectivity index (χ1) is 8.93. The van der Waals surface area contributed by atoms with Gasteiger partial charge in [0.1, 0.15) is 0 Å². The minimum atomic E-state index is -0.533. The third kappa shape index (κ3) is 4.91. The van der Waals surface area contributed by atoms with E-state index in [-0.39, 0.29) is 6.03 Å². The van der Waals surface area contributed by atoms with Crippen LogP contribution in [-0.2, 0) is 0 Å². The van der Waals surface area contributed by atoms with Crippen molar-refractivity contribution in [2.75, 3.05) is 18.9 Å². The molecule has 0 saturated carbocycles. The topological polar surface area (TPSA) is 52.6 Å². The molecule has 2 amide bonds. The van der Waals surface area contributed by atoms with Crippen LogP contribution in [-0.4, -0.2) is 29.6 Å². The Balaban J connectivity index is 2.63. The molecule has 1 aromatic carbocycles. The number of nitrogens with one attached hydrogen (secondary N) is 1. The number of nitrogens with zero attached hydrogens (tertiary/aromatic N) is 1. The van der Waals surface area contributed by atoms with E-state index in [4.69, 9.17) is 0 Å². The minimum absolute atomic E-state index is 0.122. The van der Waals surface area contributed by atoms with Crippen molar-refractivity contribution in [1.82, 2.24) is 4.90 Å². The van der Waals surface area contributed by atoms with Gasteiger partial charge in [0, 0.05) is 19.3 Å². The van der Waals surface area contributed by atoms with E-state index in [9.17, 15) is 9.90 Å². The number of hydrogen-bond acceptors (Lipinski definition) is 2. The summed E-state index contributed by atoms with van der Waals surface area (Å²) in [7, 11) is 1.79. The summed E-state index contributed by atoms with van der Waals surface area (Å²) in [5.74, 6) is 0.486. The highest BCUT2D eigenvalue weighted by atomic mass is 16.3. The largest absolute Gasteiger partial charge is 0.389 e. The number of benzene rings is 1. The molecule has 0 aliphatic rings. The van der Waals surface area contributed by atoms with Crippen LogP contribution in [0.4, 0.5) is 10.5 Å². The SMILES string of the molecule is CCC(C)CN(C)C(=O)Nc1cccc(C(C)O)c1. The Labute approximate surface area is 115 Å². The number of aliphatic hydroxyl groups excluding tert-OH is 1. The number of carbonyl (C=O) groups excluding carboxylic acids is 1. The van der Waals surface area contributed by atoms with Gasteiger partial charge >= 0.3 is 6.03 Å². The van der Waals surface area contributed by atoms with Crippen LogP contribution in [0.25, 0.3) is 0 Å². The van der Waals surface area contributed by atoms with Crippen LogP contribution in [0.5, 0.6) is 0 Å². The molecule has 0 spiro atoms. The Morgan fingerprint density at radius 1 is 1.42 bits per heavy atom. The number of urea groups is 1.